The monoisotopic (exact) mass is 375 g/mol. The molecule has 2 nitrogen and oxygen atoms in total. The van der Waals surface area contributed by atoms with Crippen LogP contribution in [0.2, 0.25) is 0 Å². The van der Waals surface area contributed by atoms with Crippen molar-refractivity contribution in [2.24, 2.45) is 0 Å². The van der Waals surface area contributed by atoms with Crippen LogP contribution >= 0.6 is 0 Å². The smallest absolute Gasteiger partial charge is 0.0617 e. The highest BCUT2D eigenvalue weighted by molar-refractivity contribution is 5.61. The number of aryl methyl sites for hydroxylation is 1. The number of hydrogen-bond donors (Lipinski definition) is 0. The van der Waals surface area contributed by atoms with Gasteiger partial charge in [0.05, 0.1) is 0 Å². The summed E-state index contributed by atoms with van der Waals surface area (Å²) in [5, 5.41) is 8.69. The molecule has 3 aromatic rings. The van der Waals surface area contributed by atoms with E-state index in [0.717, 1.165) is 11.1 Å². The topological polar surface area (TPSA) is 28.1 Å². The number of diazo groups is 1. The van der Waals surface area contributed by atoms with Crippen LogP contribution in [-0.4, -0.2) is 0 Å². The highest BCUT2D eigenvalue weighted by Gasteiger charge is 2.00. The Kier molecular flexibility index (Phi) is 7.09. The van der Waals surface area contributed by atoms with Crippen molar-refractivity contribution >= 4 is 30.0 Å². The lowest BCUT2D eigenvalue weighted by Crippen LogP contribution is -1.74. The first-order valence-corrected chi connectivity index (χ1v) is 9.54. The van der Waals surface area contributed by atoms with Crippen LogP contribution in [0.15, 0.2) is 97.1 Å². The number of allylic oxidation sites excluding steroid dienone is 4. The number of benzene rings is 3. The molecule has 0 aromatic heterocycles. The molecule has 0 saturated heterocycles. The lowest BCUT2D eigenvalue weighted by atomic mass is 10.1. The maximum atomic E-state index is 8.69. The summed E-state index contributed by atoms with van der Waals surface area (Å²) in [5.74, 6) is 0. The zero-order chi connectivity index (χ0) is 20.3. The molecule has 0 aliphatic heterocycles. The van der Waals surface area contributed by atoms with Gasteiger partial charge >= 0.3 is 5.69 Å². The summed E-state index contributed by atoms with van der Waals surface area (Å²) in [7, 11) is 0. The molecule has 0 saturated carbocycles. The summed E-state index contributed by atoms with van der Waals surface area (Å²) < 4.78 is 0. The van der Waals surface area contributed by atoms with E-state index in [1.165, 1.54) is 16.7 Å². The minimum Gasteiger partial charge on any atom is -0.0617 e. The lowest BCUT2D eigenvalue weighted by molar-refractivity contribution is 1.46. The summed E-state index contributed by atoms with van der Waals surface area (Å²) >= 11 is 0. The third-order valence-electron chi connectivity index (χ3n) is 4.40. The highest BCUT2D eigenvalue weighted by atomic mass is 14.8. The van der Waals surface area contributed by atoms with Gasteiger partial charge in [-0.2, -0.15) is 0 Å². The molecule has 3 aromatic carbocycles. The van der Waals surface area contributed by atoms with Crippen molar-refractivity contribution in [2.45, 2.75) is 6.92 Å². The average Bonchev–Trinajstić information content (AvgIpc) is 2.77. The first-order chi connectivity index (χ1) is 14.2. The van der Waals surface area contributed by atoms with Crippen LogP contribution in [0.5, 0.6) is 0 Å². The second kappa shape index (κ2) is 10.4. The minimum atomic E-state index is 0.553. The third-order valence-corrected chi connectivity index (χ3v) is 4.40. The van der Waals surface area contributed by atoms with Crippen molar-refractivity contribution in [1.29, 1.82) is 5.39 Å². The maximum absolute atomic E-state index is 8.69. The van der Waals surface area contributed by atoms with Crippen molar-refractivity contribution in [1.82, 2.24) is 0 Å². The average molecular weight is 375 g/mol. The van der Waals surface area contributed by atoms with Crippen LogP contribution in [0.3, 0.4) is 0 Å². The molecular formula is C27H23N2+. The van der Waals surface area contributed by atoms with Gasteiger partial charge < -0.3 is 0 Å². The minimum absolute atomic E-state index is 0.553. The van der Waals surface area contributed by atoms with E-state index in [2.05, 4.69) is 90.8 Å². The second-order valence-corrected chi connectivity index (χ2v) is 6.71. The standard InChI is InChI=1S/C27H23N2/c1-22-10-12-23(13-11-22)6-2-3-7-24-14-16-25(17-15-24)8-4-5-9-26-18-20-27(29-28)21-19-26/h2-21H,1H3/q+1/b6-2+,7-3+,8-4+,9-5+. The fraction of sp³-hybridized carbons (Fsp3) is 0.0370. The van der Waals surface area contributed by atoms with Gasteiger partial charge in [0.2, 0.25) is 5.39 Å². The molecule has 0 aliphatic rings. The fourth-order valence-electron chi connectivity index (χ4n) is 2.71. The molecule has 0 amide bonds. The summed E-state index contributed by atoms with van der Waals surface area (Å²) in [6.07, 6.45) is 16.4. The van der Waals surface area contributed by atoms with E-state index in [0.29, 0.717) is 5.69 Å². The Morgan fingerprint density at radius 1 is 0.517 bits per heavy atom. The normalized spacial score (nSPS) is 11.7. The Balaban J connectivity index is 1.52. The largest absolute Gasteiger partial charge is 0.385 e. The van der Waals surface area contributed by atoms with Gasteiger partial charge in [-0.15, -0.1) is 0 Å². The number of rotatable bonds is 6. The first-order valence-electron chi connectivity index (χ1n) is 9.54. The Bertz CT molecular complexity index is 1070. The maximum Gasteiger partial charge on any atom is 0.385 e. The second-order valence-electron chi connectivity index (χ2n) is 6.71. The third kappa shape index (κ3) is 6.61. The van der Waals surface area contributed by atoms with Crippen molar-refractivity contribution in [3.05, 3.63) is 130 Å². The molecule has 0 heterocycles. The first kappa shape index (κ1) is 19.8. The van der Waals surface area contributed by atoms with Crippen molar-refractivity contribution in [3.8, 4) is 0 Å². The van der Waals surface area contributed by atoms with Gasteiger partial charge in [-0.3, -0.25) is 0 Å². The number of nitrogens with zero attached hydrogens (tertiary/aromatic N) is 2. The molecule has 2 heteroatoms. The predicted molar refractivity (Wildman–Crippen MR) is 125 cm³/mol. The molecule has 0 spiro atoms. The fourth-order valence-corrected chi connectivity index (χ4v) is 2.71. The van der Waals surface area contributed by atoms with Crippen LogP contribution in [0, 0.1) is 12.3 Å². The van der Waals surface area contributed by atoms with Gasteiger partial charge in [-0.05, 0) is 41.3 Å². The molecule has 0 unspecified atom stereocenters. The van der Waals surface area contributed by atoms with E-state index in [1.54, 1.807) is 12.1 Å². The van der Waals surface area contributed by atoms with Crippen molar-refractivity contribution < 1.29 is 0 Å². The molecule has 0 aliphatic carbocycles. The quantitative estimate of drug-likeness (QED) is 0.317. The Hall–Kier alpha value is -3.96. The molecule has 0 N–H and O–H groups in total. The summed E-state index contributed by atoms with van der Waals surface area (Å²) in [6.45, 7) is 2.09. The van der Waals surface area contributed by atoms with Gasteiger partial charge in [0.1, 0.15) is 0 Å². The summed E-state index contributed by atoms with van der Waals surface area (Å²) in [6, 6.07) is 24.3. The molecule has 0 radical (unpaired) electrons. The van der Waals surface area contributed by atoms with Crippen LogP contribution in [0.4, 0.5) is 5.69 Å². The Morgan fingerprint density at radius 3 is 1.17 bits per heavy atom. The molecule has 0 bridgehead atoms. The van der Waals surface area contributed by atoms with Gasteiger partial charge in [-0.25, -0.2) is 0 Å². The van der Waals surface area contributed by atoms with Crippen LogP contribution in [-0.2, 0) is 0 Å². The SMILES string of the molecule is Cc1ccc(/C=C/C=C/c2ccc(/C=C/C=C/c3ccc([N+]#N)cc3)cc2)cc1. The molecule has 140 valence electrons. The van der Waals surface area contributed by atoms with Gasteiger partial charge in [0.25, 0.3) is 0 Å². The van der Waals surface area contributed by atoms with Gasteiger partial charge in [0.15, 0.2) is 4.98 Å². The van der Waals surface area contributed by atoms with E-state index in [-0.39, 0.29) is 0 Å². The van der Waals surface area contributed by atoms with Gasteiger partial charge in [0, 0.05) is 12.1 Å². The molecule has 0 atom stereocenters. The van der Waals surface area contributed by atoms with Crippen LogP contribution < -0.4 is 0 Å². The van der Waals surface area contributed by atoms with Gasteiger partial charge in [-0.1, -0.05) is 103 Å². The van der Waals surface area contributed by atoms with E-state index in [4.69, 9.17) is 5.39 Å². The van der Waals surface area contributed by atoms with Crippen LogP contribution in [0.1, 0.15) is 27.8 Å². The summed E-state index contributed by atoms with van der Waals surface area (Å²) in [5.41, 5.74) is 6.40. The molecule has 29 heavy (non-hydrogen) atoms. The zero-order valence-corrected chi connectivity index (χ0v) is 16.4. The van der Waals surface area contributed by atoms with Crippen LogP contribution in [0.25, 0.3) is 29.3 Å². The Morgan fingerprint density at radius 2 is 0.828 bits per heavy atom. The predicted octanol–water partition coefficient (Wildman–Crippen LogP) is 7.93. The number of hydrogen-bond acceptors (Lipinski definition) is 1. The Labute approximate surface area is 172 Å². The van der Waals surface area contributed by atoms with E-state index in [1.807, 2.05) is 30.4 Å². The van der Waals surface area contributed by atoms with Crippen molar-refractivity contribution in [3.63, 3.8) is 0 Å². The summed E-state index contributed by atoms with van der Waals surface area (Å²) in [4.78, 5) is 3.15. The lowest BCUT2D eigenvalue weighted by Gasteiger charge is -1.95. The zero-order valence-electron chi connectivity index (χ0n) is 16.4. The molecular weight excluding hydrogens is 352 g/mol. The van der Waals surface area contributed by atoms with E-state index in [9.17, 15) is 0 Å². The van der Waals surface area contributed by atoms with E-state index >= 15 is 0 Å². The van der Waals surface area contributed by atoms with Crippen molar-refractivity contribution in [2.75, 3.05) is 0 Å². The highest BCUT2D eigenvalue weighted by Crippen LogP contribution is 2.14. The molecule has 3 rings (SSSR count). The molecule has 0 fully saturated rings. The van der Waals surface area contributed by atoms with E-state index < -0.39 is 0 Å².